The normalized spacial score (nSPS) is 26.5. The van der Waals surface area contributed by atoms with Crippen molar-refractivity contribution in [1.82, 2.24) is 14.7 Å². The Balaban J connectivity index is 1.54. The molecule has 1 N–H and O–H groups in total. The lowest BCUT2D eigenvalue weighted by molar-refractivity contribution is -0.142. The van der Waals surface area contributed by atoms with Crippen LogP contribution in [0.25, 0.3) is 5.69 Å². The number of rotatable bonds is 4. The molecule has 25 heavy (non-hydrogen) atoms. The van der Waals surface area contributed by atoms with E-state index in [0.717, 1.165) is 30.5 Å². The summed E-state index contributed by atoms with van der Waals surface area (Å²) in [6.45, 7) is 0.597. The summed E-state index contributed by atoms with van der Waals surface area (Å²) in [6, 6.07) is 6.14. The maximum Gasteiger partial charge on any atom is 0.320 e. The van der Waals surface area contributed by atoms with Crippen LogP contribution in [0.3, 0.4) is 0 Å². The lowest BCUT2D eigenvalue weighted by Gasteiger charge is -2.32. The van der Waals surface area contributed by atoms with Gasteiger partial charge in [-0.1, -0.05) is 12.8 Å². The first-order valence-corrected chi connectivity index (χ1v) is 8.90. The summed E-state index contributed by atoms with van der Waals surface area (Å²) in [4.78, 5) is 13.9. The number of hydrogen-bond acceptors (Lipinski definition) is 3. The van der Waals surface area contributed by atoms with Crippen molar-refractivity contribution in [3.8, 4) is 5.69 Å². The molecule has 0 amide bonds. The molecule has 1 saturated carbocycles. The van der Waals surface area contributed by atoms with Crippen LogP contribution >= 0.6 is 0 Å². The van der Waals surface area contributed by atoms with Crippen LogP contribution in [0.5, 0.6) is 0 Å². The molecule has 2 aromatic rings. The third-order valence-electron chi connectivity index (χ3n) is 5.60. The van der Waals surface area contributed by atoms with Crippen molar-refractivity contribution >= 4 is 5.97 Å². The highest BCUT2D eigenvalue weighted by Crippen LogP contribution is 2.40. The van der Waals surface area contributed by atoms with Crippen molar-refractivity contribution in [2.45, 2.75) is 50.7 Å². The molecule has 2 heterocycles. The van der Waals surface area contributed by atoms with E-state index in [4.69, 9.17) is 0 Å². The average Bonchev–Trinajstić information content (AvgIpc) is 3.21. The summed E-state index contributed by atoms with van der Waals surface area (Å²) in [6.07, 6.45) is 9.05. The fraction of sp³-hybridized carbons (Fsp3) is 0.474. The van der Waals surface area contributed by atoms with Gasteiger partial charge in [-0.15, -0.1) is 0 Å². The summed E-state index contributed by atoms with van der Waals surface area (Å²) in [5, 5.41) is 14.0. The second-order valence-corrected chi connectivity index (χ2v) is 7.14. The predicted molar refractivity (Wildman–Crippen MR) is 90.9 cm³/mol. The number of carboxylic acid groups (broad SMARTS) is 1. The van der Waals surface area contributed by atoms with E-state index in [-0.39, 0.29) is 5.82 Å². The quantitative estimate of drug-likeness (QED) is 0.926. The second kappa shape index (κ2) is 6.59. The van der Waals surface area contributed by atoms with Crippen molar-refractivity contribution in [3.63, 3.8) is 0 Å². The van der Waals surface area contributed by atoms with Gasteiger partial charge in [-0.05, 0) is 49.4 Å². The molecule has 3 unspecified atom stereocenters. The van der Waals surface area contributed by atoms with Gasteiger partial charge in [0.05, 0.1) is 11.9 Å². The highest BCUT2D eigenvalue weighted by atomic mass is 19.1. The number of benzene rings is 1. The molecule has 132 valence electrons. The molecule has 5 nitrogen and oxygen atoms in total. The predicted octanol–water partition coefficient (Wildman–Crippen LogP) is 3.23. The monoisotopic (exact) mass is 343 g/mol. The summed E-state index contributed by atoms with van der Waals surface area (Å²) in [7, 11) is 0. The van der Waals surface area contributed by atoms with E-state index < -0.39 is 12.0 Å². The van der Waals surface area contributed by atoms with Gasteiger partial charge in [0, 0.05) is 24.3 Å². The van der Waals surface area contributed by atoms with E-state index in [0.29, 0.717) is 18.5 Å². The van der Waals surface area contributed by atoms with Crippen molar-refractivity contribution in [2.75, 3.05) is 0 Å². The molecule has 6 heteroatoms. The lowest BCUT2D eigenvalue weighted by atomic mass is 9.85. The first-order chi connectivity index (χ1) is 12.1. The summed E-state index contributed by atoms with van der Waals surface area (Å²) in [5.41, 5.74) is 1.78. The van der Waals surface area contributed by atoms with Gasteiger partial charge in [-0.2, -0.15) is 5.10 Å². The Labute approximate surface area is 146 Å². The van der Waals surface area contributed by atoms with Crippen LogP contribution in [0.2, 0.25) is 0 Å². The average molecular weight is 343 g/mol. The number of nitrogens with zero attached hydrogens (tertiary/aromatic N) is 3. The van der Waals surface area contributed by atoms with Crippen LogP contribution in [-0.4, -0.2) is 37.8 Å². The first-order valence-electron chi connectivity index (χ1n) is 8.90. The number of carbonyl (C=O) groups is 1. The van der Waals surface area contributed by atoms with E-state index in [1.165, 1.54) is 25.0 Å². The van der Waals surface area contributed by atoms with Gasteiger partial charge in [0.1, 0.15) is 11.9 Å². The van der Waals surface area contributed by atoms with E-state index in [1.54, 1.807) is 23.0 Å². The van der Waals surface area contributed by atoms with Gasteiger partial charge in [-0.25, -0.2) is 9.07 Å². The minimum atomic E-state index is -0.722. The maximum absolute atomic E-state index is 13.1. The van der Waals surface area contributed by atoms with Gasteiger partial charge in [0.2, 0.25) is 0 Å². The number of aliphatic carboxylic acids is 1. The Hall–Kier alpha value is -2.21. The largest absolute Gasteiger partial charge is 0.480 e. The molecule has 0 radical (unpaired) electrons. The Morgan fingerprint density at radius 3 is 2.76 bits per heavy atom. The zero-order chi connectivity index (χ0) is 17.4. The number of halogens is 1. The molecule has 0 bridgehead atoms. The van der Waals surface area contributed by atoms with Crippen molar-refractivity contribution < 1.29 is 14.3 Å². The zero-order valence-electron chi connectivity index (χ0n) is 14.0. The molecule has 0 spiro atoms. The molecule has 2 fully saturated rings. The summed E-state index contributed by atoms with van der Waals surface area (Å²) >= 11 is 0. The van der Waals surface area contributed by atoms with Gasteiger partial charge in [0.15, 0.2) is 0 Å². The minimum Gasteiger partial charge on any atom is -0.480 e. The van der Waals surface area contributed by atoms with Crippen LogP contribution in [-0.2, 0) is 11.3 Å². The molecule has 1 saturated heterocycles. The van der Waals surface area contributed by atoms with Crippen molar-refractivity contribution in [3.05, 3.63) is 48.0 Å². The number of hydrogen-bond donors (Lipinski definition) is 1. The molecule has 1 aliphatic carbocycles. The first kappa shape index (κ1) is 16.3. The summed E-state index contributed by atoms with van der Waals surface area (Å²) < 4.78 is 14.8. The SMILES string of the molecule is O=C(O)C1CC2CCCCC2N1Cc1cnn(-c2ccc(F)cc2)c1. The maximum atomic E-state index is 13.1. The standard InChI is InChI=1S/C19H22FN3O2/c20-15-5-7-16(8-6-15)23-12-13(10-21-23)11-22-17-4-2-1-3-14(17)9-18(22)19(24)25/h5-8,10,12,14,17-18H,1-4,9,11H2,(H,24,25). The Bertz CT molecular complexity index is 758. The van der Waals surface area contributed by atoms with Gasteiger partial charge >= 0.3 is 5.97 Å². The van der Waals surface area contributed by atoms with Crippen LogP contribution in [0.15, 0.2) is 36.7 Å². The van der Waals surface area contributed by atoms with Gasteiger partial charge in [-0.3, -0.25) is 9.69 Å². The summed E-state index contributed by atoms with van der Waals surface area (Å²) in [5.74, 6) is -0.497. The van der Waals surface area contributed by atoms with Crippen molar-refractivity contribution in [1.29, 1.82) is 0 Å². The van der Waals surface area contributed by atoms with Crippen LogP contribution in [0.4, 0.5) is 4.39 Å². The van der Waals surface area contributed by atoms with Crippen LogP contribution in [0.1, 0.15) is 37.7 Å². The molecular formula is C19H22FN3O2. The van der Waals surface area contributed by atoms with E-state index in [2.05, 4.69) is 10.00 Å². The Morgan fingerprint density at radius 2 is 2.00 bits per heavy atom. The minimum absolute atomic E-state index is 0.277. The van der Waals surface area contributed by atoms with Gasteiger partial charge in [0.25, 0.3) is 0 Å². The van der Waals surface area contributed by atoms with E-state index >= 15 is 0 Å². The fourth-order valence-electron chi connectivity index (χ4n) is 4.41. The number of carboxylic acids is 1. The molecular weight excluding hydrogens is 321 g/mol. The Kier molecular flexibility index (Phi) is 4.29. The van der Waals surface area contributed by atoms with Gasteiger partial charge < -0.3 is 5.11 Å². The number of likely N-dealkylation sites (tertiary alicyclic amines) is 1. The third kappa shape index (κ3) is 3.18. The molecule has 4 rings (SSSR count). The van der Waals surface area contributed by atoms with E-state index in [9.17, 15) is 14.3 Å². The Morgan fingerprint density at radius 1 is 1.24 bits per heavy atom. The smallest absolute Gasteiger partial charge is 0.320 e. The van der Waals surface area contributed by atoms with Crippen LogP contribution in [0, 0.1) is 11.7 Å². The third-order valence-corrected chi connectivity index (χ3v) is 5.60. The van der Waals surface area contributed by atoms with Crippen LogP contribution < -0.4 is 0 Å². The molecule has 1 aromatic heterocycles. The molecule has 3 atom stereocenters. The molecule has 1 aromatic carbocycles. The highest BCUT2D eigenvalue weighted by molar-refractivity contribution is 5.74. The number of aromatic nitrogens is 2. The zero-order valence-corrected chi connectivity index (χ0v) is 14.0. The lowest BCUT2D eigenvalue weighted by Crippen LogP contribution is -2.41. The van der Waals surface area contributed by atoms with E-state index in [1.807, 2.05) is 6.20 Å². The molecule has 2 aliphatic rings. The topological polar surface area (TPSA) is 58.4 Å². The highest BCUT2D eigenvalue weighted by Gasteiger charge is 2.45. The van der Waals surface area contributed by atoms with Crippen molar-refractivity contribution in [2.24, 2.45) is 5.92 Å². The fourth-order valence-corrected chi connectivity index (χ4v) is 4.41. The molecule has 1 aliphatic heterocycles. The second-order valence-electron chi connectivity index (χ2n) is 7.14. The number of fused-ring (bicyclic) bond motifs is 1.